The number of carbonyl (C=O) groups is 1. The van der Waals surface area contributed by atoms with Crippen molar-refractivity contribution in [2.45, 2.75) is 25.5 Å². The second-order valence-electron chi connectivity index (χ2n) is 2.38. The minimum atomic E-state index is -1.31. The van der Waals surface area contributed by atoms with Crippen LogP contribution in [0, 0.1) is 0 Å². The monoisotopic (exact) mass is 178 g/mol. The zero-order valence-electron chi connectivity index (χ0n) is 7.02. The molecule has 72 valence electrons. The number of hydrogen-bond donors (Lipinski definition) is 4. The Kier molecular flexibility index (Phi) is 4.75. The number of amides is 1. The second kappa shape index (κ2) is 5.04. The second-order valence-corrected chi connectivity index (χ2v) is 2.38. The summed E-state index contributed by atoms with van der Waals surface area (Å²) in [6.07, 6.45) is -2.29. The SMILES string of the molecule is COC(O)NC(C(N)=O)C(C)O. The van der Waals surface area contributed by atoms with Crippen molar-refractivity contribution in [3.8, 4) is 0 Å². The van der Waals surface area contributed by atoms with Crippen LogP contribution in [0.3, 0.4) is 0 Å². The third-order valence-electron chi connectivity index (χ3n) is 1.33. The summed E-state index contributed by atoms with van der Waals surface area (Å²) in [5, 5.41) is 20.1. The minimum Gasteiger partial charge on any atom is -0.391 e. The van der Waals surface area contributed by atoms with Crippen molar-refractivity contribution in [1.82, 2.24) is 5.32 Å². The number of methoxy groups -OCH3 is 1. The van der Waals surface area contributed by atoms with Gasteiger partial charge >= 0.3 is 0 Å². The lowest BCUT2D eigenvalue weighted by Crippen LogP contribution is -2.52. The van der Waals surface area contributed by atoms with E-state index >= 15 is 0 Å². The molecule has 0 saturated heterocycles. The van der Waals surface area contributed by atoms with Gasteiger partial charge in [-0.1, -0.05) is 0 Å². The molecule has 0 fully saturated rings. The van der Waals surface area contributed by atoms with Gasteiger partial charge in [0.25, 0.3) is 0 Å². The summed E-state index contributed by atoms with van der Waals surface area (Å²) in [6.45, 7) is 1.38. The Balaban J connectivity index is 4.05. The quantitative estimate of drug-likeness (QED) is 0.355. The molecule has 0 aliphatic carbocycles. The number of ether oxygens (including phenoxy) is 1. The van der Waals surface area contributed by atoms with Gasteiger partial charge in [-0.2, -0.15) is 0 Å². The summed E-state index contributed by atoms with van der Waals surface area (Å²) in [7, 11) is 1.25. The van der Waals surface area contributed by atoms with Gasteiger partial charge in [0.15, 0.2) is 0 Å². The van der Waals surface area contributed by atoms with Crippen LogP contribution in [0.5, 0.6) is 0 Å². The van der Waals surface area contributed by atoms with Gasteiger partial charge in [0.2, 0.25) is 12.3 Å². The van der Waals surface area contributed by atoms with Crippen LogP contribution < -0.4 is 11.1 Å². The molecular weight excluding hydrogens is 164 g/mol. The molecule has 6 heteroatoms. The fourth-order valence-electron chi connectivity index (χ4n) is 0.681. The van der Waals surface area contributed by atoms with Crippen molar-refractivity contribution in [3.05, 3.63) is 0 Å². The maximum absolute atomic E-state index is 10.6. The Bertz CT molecular complexity index is 150. The van der Waals surface area contributed by atoms with Gasteiger partial charge in [0.1, 0.15) is 6.04 Å². The van der Waals surface area contributed by atoms with Crippen molar-refractivity contribution in [2.75, 3.05) is 7.11 Å². The summed E-state index contributed by atoms with van der Waals surface area (Å²) >= 11 is 0. The molecule has 12 heavy (non-hydrogen) atoms. The maximum atomic E-state index is 10.6. The number of aliphatic hydroxyl groups is 2. The number of nitrogens with two attached hydrogens (primary N) is 1. The average molecular weight is 178 g/mol. The van der Waals surface area contributed by atoms with E-state index in [0.717, 1.165) is 0 Å². The first-order valence-corrected chi connectivity index (χ1v) is 3.43. The van der Waals surface area contributed by atoms with Gasteiger partial charge in [-0.15, -0.1) is 0 Å². The highest BCUT2D eigenvalue weighted by Crippen LogP contribution is 1.93. The molecule has 0 aromatic heterocycles. The molecule has 0 spiro atoms. The highest BCUT2D eigenvalue weighted by atomic mass is 16.6. The number of nitrogens with one attached hydrogen (secondary N) is 1. The Morgan fingerprint density at radius 1 is 1.58 bits per heavy atom. The van der Waals surface area contributed by atoms with E-state index in [1.807, 2.05) is 0 Å². The van der Waals surface area contributed by atoms with E-state index < -0.39 is 24.5 Å². The Morgan fingerprint density at radius 2 is 2.08 bits per heavy atom. The van der Waals surface area contributed by atoms with E-state index in [-0.39, 0.29) is 0 Å². The van der Waals surface area contributed by atoms with Gasteiger partial charge in [0.05, 0.1) is 6.10 Å². The molecule has 0 radical (unpaired) electrons. The summed E-state index contributed by atoms with van der Waals surface area (Å²) in [5.41, 5.74) is 4.91. The van der Waals surface area contributed by atoms with Gasteiger partial charge in [-0.05, 0) is 6.92 Å². The fourth-order valence-corrected chi connectivity index (χ4v) is 0.681. The van der Waals surface area contributed by atoms with Gasteiger partial charge in [0, 0.05) is 7.11 Å². The molecule has 0 aliphatic heterocycles. The lowest BCUT2D eigenvalue weighted by molar-refractivity contribution is -0.135. The number of aliphatic hydroxyl groups excluding tert-OH is 2. The third-order valence-corrected chi connectivity index (χ3v) is 1.33. The van der Waals surface area contributed by atoms with Crippen LogP contribution in [-0.4, -0.2) is 41.8 Å². The molecule has 0 aromatic carbocycles. The van der Waals surface area contributed by atoms with E-state index in [1.165, 1.54) is 14.0 Å². The highest BCUT2D eigenvalue weighted by Gasteiger charge is 2.22. The molecule has 0 aliphatic rings. The predicted octanol–water partition coefficient (Wildman–Crippen LogP) is -2.27. The van der Waals surface area contributed by atoms with Gasteiger partial charge in [-0.25, -0.2) is 0 Å². The van der Waals surface area contributed by atoms with Crippen molar-refractivity contribution in [1.29, 1.82) is 0 Å². The summed E-state index contributed by atoms with van der Waals surface area (Å²) in [5.74, 6) is -0.749. The van der Waals surface area contributed by atoms with E-state index in [4.69, 9.17) is 15.9 Å². The topological polar surface area (TPSA) is 105 Å². The van der Waals surface area contributed by atoms with E-state index in [1.54, 1.807) is 0 Å². The molecule has 0 heterocycles. The Hall–Kier alpha value is -0.690. The zero-order chi connectivity index (χ0) is 9.72. The average Bonchev–Trinajstić information content (AvgIpc) is 1.98. The highest BCUT2D eigenvalue weighted by molar-refractivity contribution is 5.80. The molecule has 0 aromatic rings. The van der Waals surface area contributed by atoms with Crippen LogP contribution in [0.4, 0.5) is 0 Å². The Labute approximate surface area is 70.3 Å². The predicted molar refractivity (Wildman–Crippen MR) is 40.8 cm³/mol. The maximum Gasteiger partial charge on any atom is 0.237 e. The van der Waals surface area contributed by atoms with E-state index in [0.29, 0.717) is 0 Å². The van der Waals surface area contributed by atoms with E-state index in [2.05, 4.69) is 10.1 Å². The molecule has 5 N–H and O–H groups in total. The Morgan fingerprint density at radius 3 is 2.33 bits per heavy atom. The first-order valence-electron chi connectivity index (χ1n) is 3.43. The summed E-state index contributed by atoms with van der Waals surface area (Å²) < 4.78 is 4.41. The number of primary amides is 1. The standard InChI is InChI=1S/C6H14N2O4/c1-3(9)4(5(7)10)8-6(11)12-2/h3-4,6,8-9,11H,1-2H3,(H2,7,10). The van der Waals surface area contributed by atoms with Crippen LogP contribution in [-0.2, 0) is 9.53 Å². The molecule has 3 atom stereocenters. The first kappa shape index (κ1) is 11.3. The van der Waals surface area contributed by atoms with Crippen molar-refractivity contribution < 1.29 is 19.7 Å². The molecular formula is C6H14N2O4. The molecule has 0 rings (SSSR count). The molecule has 6 nitrogen and oxygen atoms in total. The summed E-state index contributed by atoms with van der Waals surface area (Å²) in [4.78, 5) is 10.6. The van der Waals surface area contributed by atoms with Crippen LogP contribution in [0.15, 0.2) is 0 Å². The lowest BCUT2D eigenvalue weighted by atomic mass is 10.2. The smallest absolute Gasteiger partial charge is 0.237 e. The normalized spacial score (nSPS) is 18.3. The number of rotatable bonds is 5. The molecule has 3 unspecified atom stereocenters. The van der Waals surface area contributed by atoms with Crippen LogP contribution >= 0.6 is 0 Å². The van der Waals surface area contributed by atoms with Gasteiger partial charge in [-0.3, -0.25) is 10.1 Å². The van der Waals surface area contributed by atoms with Crippen molar-refractivity contribution >= 4 is 5.91 Å². The van der Waals surface area contributed by atoms with Crippen LogP contribution in [0.2, 0.25) is 0 Å². The van der Waals surface area contributed by atoms with E-state index in [9.17, 15) is 4.79 Å². The number of carbonyl (C=O) groups excluding carboxylic acids is 1. The van der Waals surface area contributed by atoms with Crippen molar-refractivity contribution in [3.63, 3.8) is 0 Å². The van der Waals surface area contributed by atoms with Crippen LogP contribution in [0.1, 0.15) is 6.92 Å². The van der Waals surface area contributed by atoms with Gasteiger partial charge < -0.3 is 20.7 Å². The molecule has 0 bridgehead atoms. The fraction of sp³-hybridized carbons (Fsp3) is 0.833. The lowest BCUT2D eigenvalue weighted by Gasteiger charge is -2.20. The summed E-state index contributed by atoms with van der Waals surface area (Å²) in [6, 6.07) is -1.01. The minimum absolute atomic E-state index is 0.749. The zero-order valence-corrected chi connectivity index (χ0v) is 7.02. The van der Waals surface area contributed by atoms with Crippen molar-refractivity contribution in [2.24, 2.45) is 5.73 Å². The number of hydrogen-bond acceptors (Lipinski definition) is 5. The third kappa shape index (κ3) is 3.63. The molecule has 1 amide bonds. The first-order chi connectivity index (χ1) is 5.49. The largest absolute Gasteiger partial charge is 0.391 e. The molecule has 0 saturated carbocycles. The van der Waals surface area contributed by atoms with Crippen LogP contribution in [0.25, 0.3) is 0 Å².